The van der Waals surface area contributed by atoms with Crippen molar-refractivity contribution < 1.29 is 9.46 Å². The Bertz CT molecular complexity index is 357. The van der Waals surface area contributed by atoms with Crippen LogP contribution in [0.2, 0.25) is 0 Å². The van der Waals surface area contributed by atoms with Gasteiger partial charge in [-0.1, -0.05) is 54.7 Å². The summed E-state index contributed by atoms with van der Waals surface area (Å²) in [6, 6.07) is 9.26. The lowest BCUT2D eigenvalue weighted by Crippen LogP contribution is -1.90. The molecule has 0 aliphatic carbocycles. The summed E-state index contributed by atoms with van der Waals surface area (Å²) in [7, 11) is -2.50. The number of rotatable bonds is 6. The number of hydrogen-bond acceptors (Lipinski definition) is 2. The lowest BCUT2D eigenvalue weighted by Gasteiger charge is -1.98. The molecule has 0 heterocycles. The van der Waals surface area contributed by atoms with Crippen LogP contribution in [0.5, 0.6) is 0 Å². The van der Waals surface area contributed by atoms with Crippen LogP contribution in [0.3, 0.4) is 0 Å². The van der Waals surface area contributed by atoms with E-state index in [-0.39, 0.29) is 0 Å². The average Bonchev–Trinajstić information content (AvgIpc) is 2.30. The van der Waals surface area contributed by atoms with E-state index in [0.29, 0.717) is 5.31 Å². The summed E-state index contributed by atoms with van der Waals surface area (Å²) in [6.07, 6.45) is 6.01. The molecule has 16 heavy (non-hydrogen) atoms. The number of hydrogen-bond donors (Lipinski definition) is 0. The minimum atomic E-state index is -2.50. The summed E-state index contributed by atoms with van der Waals surface area (Å²) >= 11 is 0. The van der Waals surface area contributed by atoms with E-state index in [9.17, 15) is 9.46 Å². The van der Waals surface area contributed by atoms with Crippen molar-refractivity contribution in [3.63, 3.8) is 0 Å². The molecule has 0 fully saturated rings. The summed E-state index contributed by atoms with van der Waals surface area (Å²) in [4.78, 5) is 11.1. The van der Waals surface area contributed by atoms with Gasteiger partial charge < -0.3 is 4.89 Å². The zero-order valence-electron chi connectivity index (χ0n) is 9.56. The van der Waals surface area contributed by atoms with Crippen LogP contribution in [0, 0.1) is 0 Å². The molecule has 1 unspecified atom stereocenters. The highest BCUT2D eigenvalue weighted by molar-refractivity contribution is 7.49. The molecule has 0 aliphatic rings. The summed E-state index contributed by atoms with van der Waals surface area (Å²) in [5.74, 6) is 0. The molecule has 1 rings (SSSR count). The zero-order chi connectivity index (χ0) is 11.8. The van der Waals surface area contributed by atoms with Crippen LogP contribution < -0.4 is 4.89 Å². The fourth-order valence-corrected chi connectivity index (χ4v) is 2.18. The number of allylic oxidation sites excluding steroid dienone is 1. The molecule has 3 heteroatoms. The van der Waals surface area contributed by atoms with Gasteiger partial charge in [-0.25, -0.2) is 0 Å². The van der Waals surface area contributed by atoms with Crippen molar-refractivity contribution in [1.82, 2.24) is 0 Å². The van der Waals surface area contributed by atoms with E-state index in [0.717, 1.165) is 31.2 Å². The zero-order valence-corrected chi connectivity index (χ0v) is 10.5. The Morgan fingerprint density at radius 3 is 2.56 bits per heavy atom. The number of unbranched alkanes of at least 4 members (excludes halogenated alkanes) is 3. The maximum atomic E-state index is 11.1. The lowest BCUT2D eigenvalue weighted by molar-refractivity contribution is -0.160. The van der Waals surface area contributed by atoms with Crippen molar-refractivity contribution >= 4 is 13.3 Å². The smallest absolute Gasteiger partial charge is 0.349 e. The van der Waals surface area contributed by atoms with Gasteiger partial charge in [-0.15, -0.1) is 0 Å². The van der Waals surface area contributed by atoms with Gasteiger partial charge in [-0.05, 0) is 18.9 Å². The molecular weight excluding hydrogens is 219 g/mol. The van der Waals surface area contributed by atoms with Gasteiger partial charge >= 0.3 is 8.03 Å². The van der Waals surface area contributed by atoms with Crippen molar-refractivity contribution in [2.24, 2.45) is 0 Å². The van der Waals surface area contributed by atoms with E-state index in [4.69, 9.17) is 0 Å². The minimum Gasteiger partial charge on any atom is -0.591 e. The van der Waals surface area contributed by atoms with Crippen LogP contribution in [-0.2, 0) is 4.57 Å². The van der Waals surface area contributed by atoms with E-state index >= 15 is 0 Å². The largest absolute Gasteiger partial charge is 0.591 e. The third-order valence-corrected chi connectivity index (χ3v) is 3.25. The van der Waals surface area contributed by atoms with Crippen LogP contribution in [0.15, 0.2) is 36.4 Å². The van der Waals surface area contributed by atoms with Gasteiger partial charge in [-0.3, -0.25) is 0 Å². The molecule has 0 amide bonds. The second-order valence-corrected chi connectivity index (χ2v) is 4.70. The number of benzene rings is 1. The standard InChI is InChI=1S/C13H17O2P/c1-2-3-4-8-11-13(16(14)15)12-9-6-5-7-10-12/h5-7,9-11H,2-4,8H2,1H3. The molecule has 1 atom stereocenters. The van der Waals surface area contributed by atoms with Crippen molar-refractivity contribution in [2.45, 2.75) is 32.6 Å². The van der Waals surface area contributed by atoms with Gasteiger partial charge in [0.25, 0.3) is 0 Å². The first-order chi connectivity index (χ1) is 7.75. The molecule has 86 valence electrons. The SMILES string of the molecule is CCCCCC=C(c1ccccc1)[P+](=O)[O-]. The Labute approximate surface area is 97.9 Å². The average molecular weight is 236 g/mol. The van der Waals surface area contributed by atoms with Crippen LogP contribution >= 0.6 is 8.03 Å². The predicted molar refractivity (Wildman–Crippen MR) is 66.2 cm³/mol. The van der Waals surface area contributed by atoms with Gasteiger partial charge in [0.1, 0.15) is 0 Å². The molecule has 0 saturated carbocycles. The second-order valence-electron chi connectivity index (χ2n) is 3.71. The van der Waals surface area contributed by atoms with Crippen molar-refractivity contribution in [2.75, 3.05) is 0 Å². The van der Waals surface area contributed by atoms with Crippen molar-refractivity contribution in [1.29, 1.82) is 0 Å². The van der Waals surface area contributed by atoms with Crippen LogP contribution in [0.1, 0.15) is 38.2 Å². The molecule has 0 radical (unpaired) electrons. The first kappa shape index (κ1) is 13.1. The Morgan fingerprint density at radius 1 is 1.31 bits per heavy atom. The van der Waals surface area contributed by atoms with Crippen LogP contribution in [-0.4, -0.2) is 0 Å². The van der Waals surface area contributed by atoms with Crippen molar-refractivity contribution in [3.8, 4) is 0 Å². The van der Waals surface area contributed by atoms with E-state index in [1.807, 2.05) is 36.4 Å². The van der Waals surface area contributed by atoms with Crippen molar-refractivity contribution in [3.05, 3.63) is 42.0 Å². The Hall–Kier alpha value is -0.980. The van der Waals surface area contributed by atoms with Gasteiger partial charge in [0, 0.05) is 5.56 Å². The van der Waals surface area contributed by atoms with Gasteiger partial charge in [0.15, 0.2) is 5.31 Å². The highest BCUT2D eigenvalue weighted by Crippen LogP contribution is 2.33. The maximum absolute atomic E-state index is 11.1. The molecule has 0 N–H and O–H groups in total. The highest BCUT2D eigenvalue weighted by Gasteiger charge is 2.13. The normalized spacial score (nSPS) is 12.6. The van der Waals surface area contributed by atoms with E-state index < -0.39 is 8.03 Å². The first-order valence-corrected chi connectivity index (χ1v) is 6.83. The van der Waals surface area contributed by atoms with E-state index in [2.05, 4.69) is 6.92 Å². The fraction of sp³-hybridized carbons (Fsp3) is 0.385. The molecule has 0 aromatic heterocycles. The quantitative estimate of drug-likeness (QED) is 0.558. The van der Waals surface area contributed by atoms with Gasteiger partial charge in [0.2, 0.25) is 0 Å². The highest BCUT2D eigenvalue weighted by atomic mass is 31.1. The Morgan fingerprint density at radius 2 is 2.00 bits per heavy atom. The maximum Gasteiger partial charge on any atom is 0.349 e. The third-order valence-electron chi connectivity index (χ3n) is 2.41. The summed E-state index contributed by atoms with van der Waals surface area (Å²) in [5.41, 5.74) is 0.787. The summed E-state index contributed by atoms with van der Waals surface area (Å²) in [6.45, 7) is 2.13. The van der Waals surface area contributed by atoms with E-state index in [1.54, 1.807) is 0 Å². The Kier molecular flexibility index (Phi) is 5.99. The second kappa shape index (κ2) is 7.32. The van der Waals surface area contributed by atoms with E-state index in [1.165, 1.54) is 0 Å². The molecule has 0 bridgehead atoms. The molecule has 0 aliphatic heterocycles. The van der Waals surface area contributed by atoms with Gasteiger partial charge in [0.05, 0.1) is 0 Å². The molecule has 0 saturated heterocycles. The predicted octanol–water partition coefficient (Wildman–Crippen LogP) is 3.71. The molecule has 0 spiro atoms. The first-order valence-electron chi connectivity index (χ1n) is 5.65. The molecule has 2 nitrogen and oxygen atoms in total. The van der Waals surface area contributed by atoms with Crippen LogP contribution in [0.4, 0.5) is 0 Å². The van der Waals surface area contributed by atoms with Gasteiger partial charge in [-0.2, -0.15) is 0 Å². The lowest BCUT2D eigenvalue weighted by atomic mass is 10.1. The molecular formula is C13H17O2P. The fourth-order valence-electron chi connectivity index (χ4n) is 1.54. The summed E-state index contributed by atoms with van der Waals surface area (Å²) < 4.78 is 11.1. The summed E-state index contributed by atoms with van der Waals surface area (Å²) in [5, 5.41) is 0.451. The third kappa shape index (κ3) is 4.26. The molecule has 1 aromatic carbocycles. The monoisotopic (exact) mass is 236 g/mol. The minimum absolute atomic E-state index is 0.451. The van der Waals surface area contributed by atoms with Crippen LogP contribution in [0.25, 0.3) is 5.31 Å². The Balaban J connectivity index is 2.72. The molecule has 1 aromatic rings. The topological polar surface area (TPSA) is 40.1 Å².